The molecule has 9 heteroatoms. The predicted molar refractivity (Wildman–Crippen MR) is 97.7 cm³/mol. The Hall–Kier alpha value is -2.49. The van der Waals surface area contributed by atoms with E-state index < -0.39 is 21.7 Å². The number of rotatable bonds is 10. The molecule has 0 aliphatic rings. The monoisotopic (exact) mass is 396 g/mol. The molecule has 0 aromatic heterocycles. The van der Waals surface area contributed by atoms with Crippen molar-refractivity contribution in [2.75, 3.05) is 33.4 Å². The SMILES string of the molecule is COCCNS(=O)(=O)c1cccc(C(=O)NCCOc2cccc(F)c2)c1. The zero-order valence-corrected chi connectivity index (χ0v) is 15.6. The normalized spacial score (nSPS) is 11.2. The number of benzene rings is 2. The van der Waals surface area contributed by atoms with E-state index in [0.29, 0.717) is 5.75 Å². The first-order valence-electron chi connectivity index (χ1n) is 8.17. The second-order valence-corrected chi connectivity index (χ2v) is 7.25. The third-order valence-corrected chi connectivity index (χ3v) is 4.92. The van der Waals surface area contributed by atoms with Crippen LogP contribution in [0.3, 0.4) is 0 Å². The quantitative estimate of drug-likeness (QED) is 0.595. The Bertz CT molecular complexity index is 874. The van der Waals surface area contributed by atoms with Crippen LogP contribution in [0.4, 0.5) is 4.39 Å². The van der Waals surface area contributed by atoms with Crippen LogP contribution in [0.15, 0.2) is 53.4 Å². The number of hydrogen-bond donors (Lipinski definition) is 2. The Morgan fingerprint density at radius 1 is 1.07 bits per heavy atom. The summed E-state index contributed by atoms with van der Waals surface area (Å²) in [7, 11) is -2.25. The van der Waals surface area contributed by atoms with Crippen molar-refractivity contribution in [1.29, 1.82) is 0 Å². The molecule has 0 bridgehead atoms. The predicted octanol–water partition coefficient (Wildman–Crippen LogP) is 1.56. The zero-order chi connectivity index (χ0) is 19.7. The summed E-state index contributed by atoms with van der Waals surface area (Å²) >= 11 is 0. The Morgan fingerprint density at radius 2 is 1.85 bits per heavy atom. The Labute approximate surface area is 157 Å². The number of nitrogens with one attached hydrogen (secondary N) is 2. The van der Waals surface area contributed by atoms with Crippen molar-refractivity contribution in [2.45, 2.75) is 4.90 Å². The smallest absolute Gasteiger partial charge is 0.251 e. The number of halogens is 1. The molecule has 2 aromatic carbocycles. The van der Waals surface area contributed by atoms with Gasteiger partial charge in [-0.1, -0.05) is 12.1 Å². The number of carbonyl (C=O) groups excluding carboxylic acids is 1. The minimum Gasteiger partial charge on any atom is -0.492 e. The molecule has 2 rings (SSSR count). The molecule has 27 heavy (non-hydrogen) atoms. The van der Waals surface area contributed by atoms with E-state index in [-0.39, 0.29) is 36.8 Å². The second-order valence-electron chi connectivity index (χ2n) is 5.48. The Kier molecular flexibility index (Phi) is 7.71. The molecule has 0 unspecified atom stereocenters. The Balaban J connectivity index is 1.89. The molecule has 0 heterocycles. The van der Waals surface area contributed by atoms with Crippen LogP contribution in [-0.2, 0) is 14.8 Å². The molecule has 146 valence electrons. The second kappa shape index (κ2) is 10.0. The van der Waals surface area contributed by atoms with Gasteiger partial charge in [-0.2, -0.15) is 0 Å². The first-order chi connectivity index (χ1) is 12.9. The van der Waals surface area contributed by atoms with Crippen LogP contribution < -0.4 is 14.8 Å². The van der Waals surface area contributed by atoms with E-state index in [1.54, 1.807) is 6.07 Å². The molecule has 0 radical (unpaired) electrons. The fraction of sp³-hybridized carbons (Fsp3) is 0.278. The molecule has 0 saturated carbocycles. The molecule has 0 aliphatic heterocycles. The van der Waals surface area contributed by atoms with Crippen molar-refractivity contribution in [1.82, 2.24) is 10.0 Å². The minimum absolute atomic E-state index is 0.0118. The maximum Gasteiger partial charge on any atom is 0.251 e. The topological polar surface area (TPSA) is 93.7 Å². The van der Waals surface area contributed by atoms with Crippen molar-refractivity contribution >= 4 is 15.9 Å². The first-order valence-corrected chi connectivity index (χ1v) is 9.66. The van der Waals surface area contributed by atoms with Crippen LogP contribution in [0, 0.1) is 5.82 Å². The van der Waals surface area contributed by atoms with Gasteiger partial charge in [-0.25, -0.2) is 17.5 Å². The molecule has 0 atom stereocenters. The van der Waals surface area contributed by atoms with Crippen LogP contribution in [0.5, 0.6) is 5.75 Å². The molecular weight excluding hydrogens is 375 g/mol. The third kappa shape index (κ3) is 6.63. The number of amides is 1. The number of methoxy groups -OCH3 is 1. The lowest BCUT2D eigenvalue weighted by Gasteiger charge is -2.10. The number of ether oxygens (including phenoxy) is 2. The van der Waals surface area contributed by atoms with Crippen LogP contribution in [-0.4, -0.2) is 47.7 Å². The maximum atomic E-state index is 13.0. The molecule has 7 nitrogen and oxygen atoms in total. The van der Waals surface area contributed by atoms with E-state index >= 15 is 0 Å². The summed E-state index contributed by atoms with van der Waals surface area (Å²) in [6.45, 7) is 0.696. The molecule has 0 spiro atoms. The van der Waals surface area contributed by atoms with Gasteiger partial charge in [0.2, 0.25) is 10.0 Å². The van der Waals surface area contributed by atoms with Gasteiger partial charge in [-0.15, -0.1) is 0 Å². The molecule has 2 N–H and O–H groups in total. The van der Waals surface area contributed by atoms with Gasteiger partial charge in [0.1, 0.15) is 18.2 Å². The highest BCUT2D eigenvalue weighted by Gasteiger charge is 2.15. The average Bonchev–Trinajstić information content (AvgIpc) is 2.65. The average molecular weight is 396 g/mol. The van der Waals surface area contributed by atoms with Crippen molar-refractivity contribution in [2.24, 2.45) is 0 Å². The van der Waals surface area contributed by atoms with E-state index in [1.165, 1.54) is 49.6 Å². The minimum atomic E-state index is -3.72. The highest BCUT2D eigenvalue weighted by atomic mass is 32.2. The standard InChI is InChI=1S/C18H21FN2O5S/c1-25-10-9-21-27(23,24)17-7-2-4-14(12-17)18(22)20-8-11-26-16-6-3-5-15(19)13-16/h2-7,12-13,21H,8-11H2,1H3,(H,20,22). The Morgan fingerprint density at radius 3 is 2.59 bits per heavy atom. The van der Waals surface area contributed by atoms with Crippen molar-refractivity contribution < 1.29 is 27.1 Å². The van der Waals surface area contributed by atoms with Crippen molar-refractivity contribution in [3.05, 3.63) is 59.9 Å². The van der Waals surface area contributed by atoms with Gasteiger partial charge in [0.15, 0.2) is 0 Å². The van der Waals surface area contributed by atoms with Crippen LogP contribution in [0.2, 0.25) is 0 Å². The van der Waals surface area contributed by atoms with Crippen LogP contribution in [0.1, 0.15) is 10.4 Å². The highest BCUT2D eigenvalue weighted by Crippen LogP contribution is 2.12. The van der Waals surface area contributed by atoms with Gasteiger partial charge in [0.05, 0.1) is 18.0 Å². The van der Waals surface area contributed by atoms with E-state index in [1.807, 2.05) is 0 Å². The van der Waals surface area contributed by atoms with Gasteiger partial charge in [-0.05, 0) is 30.3 Å². The number of hydrogen-bond acceptors (Lipinski definition) is 5. The van der Waals surface area contributed by atoms with Crippen LogP contribution in [0.25, 0.3) is 0 Å². The van der Waals surface area contributed by atoms with Gasteiger partial charge in [0, 0.05) is 25.3 Å². The van der Waals surface area contributed by atoms with Gasteiger partial charge >= 0.3 is 0 Å². The summed E-state index contributed by atoms with van der Waals surface area (Å²) in [6, 6.07) is 11.4. The van der Waals surface area contributed by atoms with Gasteiger partial charge < -0.3 is 14.8 Å². The summed E-state index contributed by atoms with van der Waals surface area (Å²) in [4.78, 5) is 12.2. The molecule has 0 fully saturated rings. The fourth-order valence-electron chi connectivity index (χ4n) is 2.16. The maximum absolute atomic E-state index is 13.0. The van der Waals surface area contributed by atoms with Crippen LogP contribution >= 0.6 is 0 Å². The highest BCUT2D eigenvalue weighted by molar-refractivity contribution is 7.89. The van der Waals surface area contributed by atoms with E-state index in [0.717, 1.165) is 0 Å². The number of carbonyl (C=O) groups is 1. The molecular formula is C18H21FN2O5S. The lowest BCUT2D eigenvalue weighted by atomic mass is 10.2. The third-order valence-electron chi connectivity index (χ3n) is 3.46. The van der Waals surface area contributed by atoms with Crippen molar-refractivity contribution in [3.8, 4) is 5.75 Å². The zero-order valence-electron chi connectivity index (χ0n) is 14.8. The summed E-state index contributed by atoms with van der Waals surface area (Å²) < 4.78 is 49.9. The lowest BCUT2D eigenvalue weighted by molar-refractivity contribution is 0.0946. The summed E-state index contributed by atoms with van der Waals surface area (Å²) in [5.41, 5.74) is 0.204. The largest absolute Gasteiger partial charge is 0.492 e. The van der Waals surface area contributed by atoms with Crippen molar-refractivity contribution in [3.63, 3.8) is 0 Å². The summed E-state index contributed by atoms with van der Waals surface area (Å²) in [5.74, 6) is -0.486. The fourth-order valence-corrected chi connectivity index (χ4v) is 3.22. The molecule has 2 aromatic rings. The van der Waals surface area contributed by atoms with E-state index in [9.17, 15) is 17.6 Å². The van der Waals surface area contributed by atoms with Gasteiger partial charge in [-0.3, -0.25) is 4.79 Å². The van der Waals surface area contributed by atoms with E-state index in [4.69, 9.17) is 9.47 Å². The lowest BCUT2D eigenvalue weighted by Crippen LogP contribution is -2.29. The van der Waals surface area contributed by atoms with E-state index in [2.05, 4.69) is 10.0 Å². The molecule has 1 amide bonds. The first kappa shape index (κ1) is 20.8. The molecule has 0 aliphatic carbocycles. The molecule has 0 saturated heterocycles. The summed E-state index contributed by atoms with van der Waals surface area (Å²) in [6.07, 6.45) is 0. The number of sulfonamides is 1. The van der Waals surface area contributed by atoms with Gasteiger partial charge in [0.25, 0.3) is 5.91 Å². The summed E-state index contributed by atoms with van der Waals surface area (Å²) in [5, 5.41) is 2.62.